The zero-order chi connectivity index (χ0) is 20.9. The molecular weight excluding hydrogens is 376 g/mol. The van der Waals surface area contributed by atoms with Gasteiger partial charge in [0.15, 0.2) is 0 Å². The van der Waals surface area contributed by atoms with Crippen LogP contribution in [0.15, 0.2) is 54.6 Å². The summed E-state index contributed by atoms with van der Waals surface area (Å²) >= 11 is 0. The third-order valence-electron chi connectivity index (χ3n) is 6.01. The quantitative estimate of drug-likeness (QED) is 0.493. The molecule has 1 aliphatic carbocycles. The summed E-state index contributed by atoms with van der Waals surface area (Å²) in [7, 11) is 0. The van der Waals surface area contributed by atoms with E-state index in [0.717, 1.165) is 39.8 Å². The van der Waals surface area contributed by atoms with Crippen molar-refractivity contribution in [3.8, 4) is 22.6 Å². The van der Waals surface area contributed by atoms with Crippen molar-refractivity contribution in [1.82, 2.24) is 0 Å². The second kappa shape index (κ2) is 9.21. The SMILES string of the molecule is O=C(O)CCc1ccc(OCC2CCCCC2)c(-c2ccc3cc(O)ccc3c2)c1. The van der Waals surface area contributed by atoms with Crippen molar-refractivity contribution in [1.29, 1.82) is 0 Å². The Kier molecular flexibility index (Phi) is 6.22. The Bertz CT molecular complexity index is 1030. The van der Waals surface area contributed by atoms with E-state index in [9.17, 15) is 9.90 Å². The van der Waals surface area contributed by atoms with Gasteiger partial charge in [0.25, 0.3) is 0 Å². The van der Waals surface area contributed by atoms with Gasteiger partial charge in [-0.2, -0.15) is 0 Å². The highest BCUT2D eigenvalue weighted by molar-refractivity contribution is 5.89. The van der Waals surface area contributed by atoms with Crippen LogP contribution in [-0.2, 0) is 11.2 Å². The maximum Gasteiger partial charge on any atom is 0.303 e. The van der Waals surface area contributed by atoms with E-state index < -0.39 is 5.97 Å². The summed E-state index contributed by atoms with van der Waals surface area (Å²) in [6.07, 6.45) is 6.95. The maximum atomic E-state index is 11.0. The van der Waals surface area contributed by atoms with Crippen LogP contribution in [0.1, 0.15) is 44.1 Å². The minimum absolute atomic E-state index is 0.110. The monoisotopic (exact) mass is 404 g/mol. The molecule has 1 saturated carbocycles. The first kappa shape index (κ1) is 20.3. The highest BCUT2D eigenvalue weighted by Crippen LogP contribution is 2.35. The Morgan fingerprint density at radius 3 is 2.50 bits per heavy atom. The van der Waals surface area contributed by atoms with E-state index in [1.165, 1.54) is 32.1 Å². The number of phenols is 1. The van der Waals surface area contributed by atoms with E-state index in [2.05, 4.69) is 12.1 Å². The summed E-state index contributed by atoms with van der Waals surface area (Å²) in [5.41, 5.74) is 3.01. The molecule has 156 valence electrons. The van der Waals surface area contributed by atoms with E-state index in [-0.39, 0.29) is 12.2 Å². The van der Waals surface area contributed by atoms with Gasteiger partial charge in [0, 0.05) is 12.0 Å². The van der Waals surface area contributed by atoms with Gasteiger partial charge in [-0.25, -0.2) is 0 Å². The molecule has 0 saturated heterocycles. The zero-order valence-electron chi connectivity index (χ0n) is 17.1. The maximum absolute atomic E-state index is 11.0. The summed E-state index contributed by atoms with van der Waals surface area (Å²) in [4.78, 5) is 11.0. The van der Waals surface area contributed by atoms with Crippen LogP contribution in [-0.4, -0.2) is 22.8 Å². The first-order valence-electron chi connectivity index (χ1n) is 10.8. The Morgan fingerprint density at radius 2 is 1.70 bits per heavy atom. The summed E-state index contributed by atoms with van der Waals surface area (Å²) in [5, 5.41) is 20.8. The second-order valence-electron chi connectivity index (χ2n) is 8.29. The normalized spacial score (nSPS) is 14.7. The average molecular weight is 405 g/mol. The molecule has 4 nitrogen and oxygen atoms in total. The highest BCUT2D eigenvalue weighted by Gasteiger charge is 2.16. The lowest BCUT2D eigenvalue weighted by Crippen LogP contribution is -2.15. The second-order valence-corrected chi connectivity index (χ2v) is 8.29. The summed E-state index contributed by atoms with van der Waals surface area (Å²) in [6, 6.07) is 17.5. The van der Waals surface area contributed by atoms with E-state index in [1.807, 2.05) is 30.3 Å². The molecule has 0 atom stereocenters. The topological polar surface area (TPSA) is 66.8 Å². The van der Waals surface area contributed by atoms with Gasteiger partial charge in [-0.15, -0.1) is 0 Å². The van der Waals surface area contributed by atoms with Gasteiger partial charge in [-0.1, -0.05) is 43.5 Å². The molecule has 1 fully saturated rings. The minimum Gasteiger partial charge on any atom is -0.508 e. The van der Waals surface area contributed by atoms with Crippen molar-refractivity contribution in [2.24, 2.45) is 5.92 Å². The van der Waals surface area contributed by atoms with Crippen LogP contribution in [0.3, 0.4) is 0 Å². The Hall–Kier alpha value is -3.01. The number of hydrogen-bond acceptors (Lipinski definition) is 3. The zero-order valence-corrected chi connectivity index (χ0v) is 17.1. The van der Waals surface area contributed by atoms with Crippen LogP contribution in [0, 0.1) is 5.92 Å². The Labute approximate surface area is 177 Å². The number of rotatable bonds is 7. The fourth-order valence-corrected chi connectivity index (χ4v) is 4.30. The number of fused-ring (bicyclic) bond motifs is 1. The molecule has 1 aliphatic rings. The van der Waals surface area contributed by atoms with Crippen molar-refractivity contribution in [3.63, 3.8) is 0 Å². The van der Waals surface area contributed by atoms with E-state index in [1.54, 1.807) is 12.1 Å². The molecule has 0 unspecified atom stereocenters. The van der Waals surface area contributed by atoms with Crippen molar-refractivity contribution < 1.29 is 19.7 Å². The van der Waals surface area contributed by atoms with Crippen molar-refractivity contribution in [2.75, 3.05) is 6.61 Å². The lowest BCUT2D eigenvalue weighted by atomic mass is 9.90. The number of phenolic OH excluding ortho intramolecular Hbond substituents is 1. The fourth-order valence-electron chi connectivity index (χ4n) is 4.30. The van der Waals surface area contributed by atoms with E-state index in [0.29, 0.717) is 12.3 Å². The van der Waals surface area contributed by atoms with Gasteiger partial charge in [0.1, 0.15) is 11.5 Å². The lowest BCUT2D eigenvalue weighted by molar-refractivity contribution is -0.136. The number of carboxylic acid groups (broad SMARTS) is 1. The number of aryl methyl sites for hydroxylation is 1. The van der Waals surface area contributed by atoms with Crippen LogP contribution in [0.5, 0.6) is 11.5 Å². The molecule has 3 aromatic carbocycles. The predicted octanol–water partition coefficient (Wildman–Crippen LogP) is 6.19. The van der Waals surface area contributed by atoms with Gasteiger partial charge in [0.2, 0.25) is 0 Å². The Morgan fingerprint density at radius 1 is 0.933 bits per heavy atom. The molecule has 4 rings (SSSR count). The number of aliphatic carboxylic acids is 1. The number of hydrogen-bond donors (Lipinski definition) is 2. The van der Waals surface area contributed by atoms with Crippen LogP contribution in [0.25, 0.3) is 21.9 Å². The smallest absolute Gasteiger partial charge is 0.303 e. The van der Waals surface area contributed by atoms with E-state index in [4.69, 9.17) is 9.84 Å². The highest BCUT2D eigenvalue weighted by atomic mass is 16.5. The predicted molar refractivity (Wildman–Crippen MR) is 119 cm³/mol. The van der Waals surface area contributed by atoms with Gasteiger partial charge < -0.3 is 14.9 Å². The molecule has 0 heterocycles. The summed E-state index contributed by atoms with van der Waals surface area (Å²) in [5.74, 6) is 0.915. The first-order chi connectivity index (χ1) is 14.6. The fraction of sp³-hybridized carbons (Fsp3) is 0.346. The van der Waals surface area contributed by atoms with Gasteiger partial charge in [0.05, 0.1) is 6.61 Å². The number of ether oxygens (including phenoxy) is 1. The van der Waals surface area contributed by atoms with E-state index >= 15 is 0 Å². The molecule has 0 amide bonds. The molecule has 0 spiro atoms. The van der Waals surface area contributed by atoms with Crippen LogP contribution >= 0.6 is 0 Å². The number of carbonyl (C=O) groups is 1. The van der Waals surface area contributed by atoms with Crippen molar-refractivity contribution in [2.45, 2.75) is 44.9 Å². The molecule has 0 aliphatic heterocycles. The molecule has 0 bridgehead atoms. The number of benzene rings is 3. The molecule has 4 heteroatoms. The molecule has 30 heavy (non-hydrogen) atoms. The summed E-state index contributed by atoms with van der Waals surface area (Å²) in [6.45, 7) is 0.725. The van der Waals surface area contributed by atoms with Gasteiger partial charge >= 0.3 is 5.97 Å². The van der Waals surface area contributed by atoms with Gasteiger partial charge in [-0.3, -0.25) is 4.79 Å². The van der Waals surface area contributed by atoms with Crippen LogP contribution in [0.2, 0.25) is 0 Å². The lowest BCUT2D eigenvalue weighted by Gasteiger charge is -2.23. The van der Waals surface area contributed by atoms with Crippen molar-refractivity contribution >= 4 is 16.7 Å². The first-order valence-corrected chi connectivity index (χ1v) is 10.8. The Balaban J connectivity index is 1.65. The van der Waals surface area contributed by atoms with Crippen LogP contribution < -0.4 is 4.74 Å². The molecular formula is C26H28O4. The molecule has 0 radical (unpaired) electrons. The summed E-state index contributed by atoms with van der Waals surface area (Å²) < 4.78 is 6.29. The largest absolute Gasteiger partial charge is 0.508 e. The van der Waals surface area contributed by atoms with Crippen molar-refractivity contribution in [3.05, 3.63) is 60.2 Å². The third kappa shape index (κ3) is 4.93. The molecule has 2 N–H and O–H groups in total. The molecule has 0 aromatic heterocycles. The standard InChI is InChI=1S/C26H28O4/c27-23-11-10-20-15-22(9-8-21(20)16-23)24-14-18(7-13-26(28)29)6-12-25(24)30-17-19-4-2-1-3-5-19/h6,8-12,14-16,19,27H,1-5,7,13,17H2,(H,28,29). The number of carboxylic acids is 1. The van der Waals surface area contributed by atoms with Crippen LogP contribution in [0.4, 0.5) is 0 Å². The number of aromatic hydroxyl groups is 1. The third-order valence-corrected chi connectivity index (χ3v) is 6.01. The average Bonchev–Trinajstić information content (AvgIpc) is 2.77. The minimum atomic E-state index is -0.792. The van der Waals surface area contributed by atoms with Gasteiger partial charge in [-0.05, 0) is 77.4 Å². The molecule has 3 aromatic rings.